The van der Waals surface area contributed by atoms with Crippen molar-refractivity contribution in [1.82, 2.24) is 0 Å². The van der Waals surface area contributed by atoms with Crippen LogP contribution in [-0.2, 0) is 4.79 Å². The fourth-order valence-corrected chi connectivity index (χ4v) is 3.35. The van der Waals surface area contributed by atoms with Crippen LogP contribution < -0.4 is 0 Å². The second-order valence-electron chi connectivity index (χ2n) is 5.44. The van der Waals surface area contributed by atoms with E-state index in [1.54, 1.807) is 0 Å². The zero-order chi connectivity index (χ0) is 12.1. The molecular weight excluding hydrogens is 215 g/mol. The maximum absolute atomic E-state index is 11.9. The van der Waals surface area contributed by atoms with Gasteiger partial charge in [0.25, 0.3) is 0 Å². The maximum atomic E-state index is 11.9. The Morgan fingerprint density at radius 1 is 1.00 bits per heavy atom. The summed E-state index contributed by atoms with van der Waals surface area (Å²) in [5, 5.41) is 0. The Kier molecular flexibility index (Phi) is 4.59. The summed E-state index contributed by atoms with van der Waals surface area (Å²) < 4.78 is 11.9. The summed E-state index contributed by atoms with van der Waals surface area (Å²) in [6.45, 7) is -0.509. The van der Waals surface area contributed by atoms with E-state index in [-0.39, 0.29) is 0 Å². The van der Waals surface area contributed by atoms with Crippen LogP contribution in [0.5, 0.6) is 0 Å². The Bertz CT molecular complexity index is 308. The van der Waals surface area contributed by atoms with Gasteiger partial charge in [0.05, 0.1) is 0 Å². The van der Waals surface area contributed by atoms with Crippen LogP contribution in [-0.4, -0.2) is 12.5 Å². The fraction of sp³-hybridized carbons (Fsp3) is 0.800. The van der Waals surface area contributed by atoms with Crippen molar-refractivity contribution in [2.75, 3.05) is 6.67 Å². The fourth-order valence-electron chi connectivity index (χ4n) is 3.35. The highest BCUT2D eigenvalue weighted by Crippen LogP contribution is 2.38. The molecule has 2 saturated carbocycles. The molecule has 1 nitrogen and oxygen atoms in total. The monoisotopic (exact) mass is 236 g/mol. The van der Waals surface area contributed by atoms with Crippen molar-refractivity contribution in [1.29, 1.82) is 0 Å². The van der Waals surface area contributed by atoms with E-state index in [2.05, 4.69) is 11.8 Å². The summed E-state index contributed by atoms with van der Waals surface area (Å²) in [4.78, 5) is 11.2. The van der Waals surface area contributed by atoms with E-state index in [1.807, 2.05) is 0 Å². The lowest BCUT2D eigenvalue weighted by Gasteiger charge is -2.34. The van der Waals surface area contributed by atoms with E-state index in [0.29, 0.717) is 11.7 Å². The van der Waals surface area contributed by atoms with Crippen LogP contribution in [0.15, 0.2) is 0 Å². The first kappa shape index (κ1) is 12.6. The Labute approximate surface area is 103 Å². The maximum Gasteiger partial charge on any atom is 0.150 e. The zero-order valence-electron chi connectivity index (χ0n) is 10.4. The van der Waals surface area contributed by atoms with E-state index in [0.717, 1.165) is 50.4 Å². The highest BCUT2D eigenvalue weighted by Gasteiger charge is 2.29. The van der Waals surface area contributed by atoms with Gasteiger partial charge in [-0.25, -0.2) is 4.39 Å². The van der Waals surface area contributed by atoms with Gasteiger partial charge in [-0.15, -0.1) is 0 Å². The van der Waals surface area contributed by atoms with Crippen molar-refractivity contribution in [3.05, 3.63) is 0 Å². The molecule has 0 N–H and O–H groups in total. The third-order valence-electron chi connectivity index (χ3n) is 4.40. The topological polar surface area (TPSA) is 17.1 Å². The molecule has 0 aromatic heterocycles. The van der Waals surface area contributed by atoms with Gasteiger partial charge in [-0.3, -0.25) is 4.79 Å². The SMILES string of the molecule is O=C1CCC(C2CCC(C#CCF)CC2)CC1. The molecule has 2 aliphatic carbocycles. The van der Waals surface area contributed by atoms with Crippen molar-refractivity contribution in [2.45, 2.75) is 51.4 Å². The summed E-state index contributed by atoms with van der Waals surface area (Å²) >= 11 is 0. The summed E-state index contributed by atoms with van der Waals surface area (Å²) in [5.74, 6) is 8.01. The number of ketones is 1. The van der Waals surface area contributed by atoms with Gasteiger partial charge in [0.2, 0.25) is 0 Å². The van der Waals surface area contributed by atoms with Crippen LogP contribution in [0.25, 0.3) is 0 Å². The molecule has 2 heteroatoms. The van der Waals surface area contributed by atoms with Crippen molar-refractivity contribution < 1.29 is 9.18 Å². The van der Waals surface area contributed by atoms with Crippen LogP contribution in [0.1, 0.15) is 51.4 Å². The number of carbonyl (C=O) groups excluding carboxylic acids is 1. The van der Waals surface area contributed by atoms with E-state index in [9.17, 15) is 9.18 Å². The molecule has 0 radical (unpaired) electrons. The van der Waals surface area contributed by atoms with E-state index >= 15 is 0 Å². The summed E-state index contributed by atoms with van der Waals surface area (Å²) in [5.41, 5.74) is 0. The van der Waals surface area contributed by atoms with Gasteiger partial charge in [0.15, 0.2) is 0 Å². The first-order chi connectivity index (χ1) is 8.29. The lowest BCUT2D eigenvalue weighted by molar-refractivity contribution is -0.121. The van der Waals surface area contributed by atoms with Crippen molar-refractivity contribution >= 4 is 5.78 Å². The third-order valence-corrected chi connectivity index (χ3v) is 4.40. The van der Waals surface area contributed by atoms with Gasteiger partial charge in [-0.1, -0.05) is 11.8 Å². The molecule has 94 valence electrons. The van der Waals surface area contributed by atoms with E-state index in [1.165, 1.54) is 12.8 Å². The zero-order valence-corrected chi connectivity index (χ0v) is 10.4. The Morgan fingerprint density at radius 2 is 1.59 bits per heavy atom. The highest BCUT2D eigenvalue weighted by molar-refractivity contribution is 5.79. The largest absolute Gasteiger partial charge is 0.300 e. The molecule has 17 heavy (non-hydrogen) atoms. The molecule has 2 rings (SSSR count). The quantitative estimate of drug-likeness (QED) is 0.637. The number of Topliss-reactive ketones (excluding diaryl/α,β-unsaturated/α-hetero) is 1. The van der Waals surface area contributed by atoms with Gasteiger partial charge in [-0.2, -0.15) is 0 Å². The summed E-state index contributed by atoms with van der Waals surface area (Å²) in [6.07, 6.45) is 8.51. The number of alkyl halides is 1. The molecule has 0 saturated heterocycles. The van der Waals surface area contributed by atoms with Gasteiger partial charge in [-0.05, 0) is 50.4 Å². The molecule has 0 atom stereocenters. The minimum absolute atomic E-state index is 0.423. The van der Waals surface area contributed by atoms with Crippen LogP contribution >= 0.6 is 0 Å². The average molecular weight is 236 g/mol. The molecular formula is C15H21FO. The van der Waals surface area contributed by atoms with Gasteiger partial charge >= 0.3 is 0 Å². The lowest BCUT2D eigenvalue weighted by atomic mass is 9.71. The Hall–Kier alpha value is -0.840. The number of hydrogen-bond acceptors (Lipinski definition) is 1. The molecule has 0 aromatic rings. The van der Waals surface area contributed by atoms with Crippen LogP contribution in [0, 0.1) is 29.6 Å². The minimum atomic E-state index is -0.509. The molecule has 0 amide bonds. The molecule has 2 aliphatic rings. The summed E-state index contributed by atoms with van der Waals surface area (Å²) in [6, 6.07) is 0. The minimum Gasteiger partial charge on any atom is -0.300 e. The standard InChI is InChI=1S/C15H21FO/c16-11-1-2-12-3-5-13(6-4-12)14-7-9-15(17)10-8-14/h12-14H,3-11H2. The predicted octanol–water partition coefficient (Wildman–Crippen LogP) is 3.53. The van der Waals surface area contributed by atoms with E-state index < -0.39 is 6.67 Å². The first-order valence-electron chi connectivity index (χ1n) is 6.85. The van der Waals surface area contributed by atoms with Crippen LogP contribution in [0.2, 0.25) is 0 Å². The lowest BCUT2D eigenvalue weighted by Crippen LogP contribution is -2.25. The highest BCUT2D eigenvalue weighted by atomic mass is 19.1. The second kappa shape index (κ2) is 6.19. The smallest absolute Gasteiger partial charge is 0.150 e. The van der Waals surface area contributed by atoms with Crippen molar-refractivity contribution in [2.24, 2.45) is 17.8 Å². The molecule has 0 spiro atoms. The Morgan fingerprint density at radius 3 is 2.18 bits per heavy atom. The van der Waals surface area contributed by atoms with Gasteiger partial charge in [0.1, 0.15) is 12.5 Å². The average Bonchev–Trinajstić information content (AvgIpc) is 2.38. The van der Waals surface area contributed by atoms with Crippen molar-refractivity contribution in [3.63, 3.8) is 0 Å². The first-order valence-corrected chi connectivity index (χ1v) is 6.85. The molecule has 0 aliphatic heterocycles. The summed E-state index contributed by atoms with van der Waals surface area (Å²) in [7, 11) is 0. The second-order valence-corrected chi connectivity index (χ2v) is 5.44. The van der Waals surface area contributed by atoms with Gasteiger partial charge < -0.3 is 0 Å². The molecule has 0 aromatic carbocycles. The van der Waals surface area contributed by atoms with E-state index in [4.69, 9.17) is 0 Å². The number of halogens is 1. The van der Waals surface area contributed by atoms with Gasteiger partial charge in [0, 0.05) is 18.8 Å². The Balaban J connectivity index is 1.77. The molecule has 0 unspecified atom stereocenters. The van der Waals surface area contributed by atoms with Crippen molar-refractivity contribution in [3.8, 4) is 11.8 Å². The molecule has 0 bridgehead atoms. The predicted molar refractivity (Wildman–Crippen MR) is 66.2 cm³/mol. The number of rotatable bonds is 1. The number of hydrogen-bond donors (Lipinski definition) is 0. The van der Waals surface area contributed by atoms with Crippen LogP contribution in [0.4, 0.5) is 4.39 Å². The normalized spacial score (nSPS) is 30.8. The van der Waals surface area contributed by atoms with Crippen LogP contribution in [0.3, 0.4) is 0 Å². The number of carbonyl (C=O) groups is 1. The molecule has 0 heterocycles. The third kappa shape index (κ3) is 3.56. The molecule has 2 fully saturated rings.